The molecule has 1 aromatic heterocycles. The van der Waals surface area contributed by atoms with Crippen molar-refractivity contribution in [3.63, 3.8) is 0 Å². The van der Waals surface area contributed by atoms with Gasteiger partial charge in [0, 0.05) is 24.3 Å². The molecule has 3 aromatic rings. The number of nitrogens with zero attached hydrogens (tertiary/aromatic N) is 3. The first-order valence-electron chi connectivity index (χ1n) is 8.75. The molecule has 158 valence electrons. The average molecular weight is 443 g/mol. The first-order chi connectivity index (χ1) is 14.1. The summed E-state index contributed by atoms with van der Waals surface area (Å²) in [6.45, 7) is -0.147. The molecule has 0 fully saturated rings. The maximum Gasteiger partial charge on any atom is 0.419 e. The summed E-state index contributed by atoms with van der Waals surface area (Å²) in [7, 11) is -4.30. The van der Waals surface area contributed by atoms with Crippen molar-refractivity contribution in [2.24, 2.45) is 0 Å². The van der Waals surface area contributed by atoms with Gasteiger partial charge in [0.2, 0.25) is 10.0 Å². The van der Waals surface area contributed by atoms with Gasteiger partial charge in [-0.05, 0) is 42.5 Å². The second-order valence-corrected chi connectivity index (χ2v) is 8.65. The molecule has 2 aromatic carbocycles. The average Bonchev–Trinajstić information content (AvgIpc) is 3.11. The van der Waals surface area contributed by atoms with E-state index in [-0.39, 0.29) is 19.5 Å². The van der Waals surface area contributed by atoms with Gasteiger partial charge in [0.15, 0.2) is 0 Å². The number of imidazole rings is 1. The molecule has 0 unspecified atom stereocenters. The van der Waals surface area contributed by atoms with Crippen LogP contribution in [0.15, 0.2) is 53.7 Å². The van der Waals surface area contributed by atoms with E-state index < -0.39 is 38.3 Å². The van der Waals surface area contributed by atoms with Crippen LogP contribution in [0.25, 0.3) is 5.69 Å². The van der Waals surface area contributed by atoms with Gasteiger partial charge in [0.05, 0.1) is 29.0 Å². The highest BCUT2D eigenvalue weighted by Crippen LogP contribution is 2.34. The molecule has 1 aliphatic heterocycles. The van der Waals surface area contributed by atoms with Gasteiger partial charge in [-0.2, -0.15) is 17.5 Å². The van der Waals surface area contributed by atoms with Crippen LogP contribution in [0.1, 0.15) is 17.0 Å². The van der Waals surface area contributed by atoms with Crippen LogP contribution >= 0.6 is 0 Å². The topological polar surface area (TPSA) is 55.2 Å². The number of sulfonamides is 1. The van der Waals surface area contributed by atoms with E-state index in [9.17, 15) is 30.4 Å². The monoisotopic (exact) mass is 443 g/mol. The van der Waals surface area contributed by atoms with Crippen LogP contribution < -0.4 is 0 Å². The van der Waals surface area contributed by atoms with E-state index in [1.54, 1.807) is 16.7 Å². The van der Waals surface area contributed by atoms with Gasteiger partial charge < -0.3 is 4.57 Å². The van der Waals surface area contributed by atoms with Gasteiger partial charge >= 0.3 is 6.18 Å². The Morgan fingerprint density at radius 1 is 1.00 bits per heavy atom. The van der Waals surface area contributed by atoms with E-state index in [4.69, 9.17) is 0 Å². The fraction of sp³-hybridized carbons (Fsp3) is 0.211. The number of fused-ring (bicyclic) bond motifs is 1. The van der Waals surface area contributed by atoms with Gasteiger partial charge in [-0.1, -0.05) is 0 Å². The maximum absolute atomic E-state index is 13.5. The summed E-state index contributed by atoms with van der Waals surface area (Å²) in [6, 6.07) is 7.29. The quantitative estimate of drug-likeness (QED) is 0.577. The molecule has 0 spiro atoms. The molecule has 11 heteroatoms. The molecule has 0 bridgehead atoms. The predicted molar refractivity (Wildman–Crippen MR) is 96.2 cm³/mol. The van der Waals surface area contributed by atoms with E-state index in [0.29, 0.717) is 23.5 Å². The first-order valence-corrected chi connectivity index (χ1v) is 10.2. The van der Waals surface area contributed by atoms with Crippen molar-refractivity contribution in [3.05, 3.63) is 77.4 Å². The Morgan fingerprint density at radius 2 is 1.70 bits per heavy atom. The molecule has 0 saturated carbocycles. The van der Waals surface area contributed by atoms with Crippen LogP contribution in [-0.4, -0.2) is 28.8 Å². The Morgan fingerprint density at radius 3 is 2.37 bits per heavy atom. The number of alkyl halides is 3. The summed E-state index contributed by atoms with van der Waals surface area (Å²) in [4.78, 5) is 3.57. The summed E-state index contributed by atoms with van der Waals surface area (Å²) < 4.78 is 94.0. The highest BCUT2D eigenvalue weighted by molar-refractivity contribution is 7.89. The third kappa shape index (κ3) is 3.58. The van der Waals surface area contributed by atoms with Crippen LogP contribution in [0, 0.1) is 11.6 Å². The van der Waals surface area contributed by atoms with Crippen molar-refractivity contribution in [1.29, 1.82) is 0 Å². The number of rotatable bonds is 3. The van der Waals surface area contributed by atoms with Crippen molar-refractivity contribution in [2.75, 3.05) is 6.54 Å². The molecule has 0 radical (unpaired) electrons. The molecular formula is C19H14F5N3O2S. The summed E-state index contributed by atoms with van der Waals surface area (Å²) in [5, 5.41) is 0. The molecule has 0 saturated heterocycles. The predicted octanol–water partition coefficient (Wildman–Crippen LogP) is 3.92. The Balaban J connectivity index is 1.64. The van der Waals surface area contributed by atoms with Gasteiger partial charge in [0.1, 0.15) is 11.6 Å². The summed E-state index contributed by atoms with van der Waals surface area (Å²) in [5.41, 5.74) is 0.173. The third-order valence-electron chi connectivity index (χ3n) is 4.86. The lowest BCUT2D eigenvalue weighted by Crippen LogP contribution is -2.36. The second kappa shape index (κ2) is 7.17. The first kappa shape index (κ1) is 20.5. The van der Waals surface area contributed by atoms with E-state index >= 15 is 0 Å². The Kier molecular flexibility index (Phi) is 4.89. The normalized spacial score (nSPS) is 15.2. The minimum Gasteiger partial charge on any atom is -0.303 e. The van der Waals surface area contributed by atoms with E-state index in [0.717, 1.165) is 16.1 Å². The van der Waals surface area contributed by atoms with Gasteiger partial charge in [-0.15, -0.1) is 0 Å². The highest BCUT2D eigenvalue weighted by Gasteiger charge is 2.37. The molecule has 0 amide bonds. The Labute approximate surface area is 168 Å². The van der Waals surface area contributed by atoms with E-state index in [2.05, 4.69) is 4.98 Å². The van der Waals surface area contributed by atoms with E-state index in [1.807, 2.05) is 0 Å². The number of halogens is 5. The number of hydrogen-bond acceptors (Lipinski definition) is 3. The zero-order chi connectivity index (χ0) is 21.7. The summed E-state index contributed by atoms with van der Waals surface area (Å²) >= 11 is 0. The van der Waals surface area contributed by atoms with Crippen molar-refractivity contribution >= 4 is 10.0 Å². The second-order valence-electron chi connectivity index (χ2n) is 6.71. The SMILES string of the molecule is O=S(=O)(c1ccc(F)c(C(F)(F)F)c1)N1CCc2c(ncn2-c2ccc(F)cc2)C1. The number of benzene rings is 2. The zero-order valence-corrected chi connectivity index (χ0v) is 16.0. The smallest absolute Gasteiger partial charge is 0.303 e. The number of hydrogen-bond donors (Lipinski definition) is 0. The summed E-state index contributed by atoms with van der Waals surface area (Å²) in [6.07, 6.45) is -3.29. The van der Waals surface area contributed by atoms with Crippen LogP contribution in [0.2, 0.25) is 0 Å². The molecule has 2 heterocycles. The maximum atomic E-state index is 13.5. The van der Waals surface area contributed by atoms with Gasteiger partial charge in [-0.3, -0.25) is 0 Å². The fourth-order valence-electron chi connectivity index (χ4n) is 3.34. The van der Waals surface area contributed by atoms with Crippen LogP contribution in [0.4, 0.5) is 22.0 Å². The zero-order valence-electron chi connectivity index (χ0n) is 15.2. The standard InChI is InChI=1S/C19H14F5N3O2S/c20-12-1-3-13(4-2-12)27-11-25-17-10-26(8-7-18(17)27)30(28,29)14-5-6-16(21)15(9-14)19(22,23)24/h1-6,9,11H,7-8,10H2. The largest absolute Gasteiger partial charge is 0.419 e. The van der Waals surface area contributed by atoms with Crippen molar-refractivity contribution < 1.29 is 30.4 Å². The molecule has 1 aliphatic rings. The molecular weight excluding hydrogens is 429 g/mol. The van der Waals surface area contributed by atoms with E-state index in [1.165, 1.54) is 18.5 Å². The molecule has 4 rings (SSSR count). The third-order valence-corrected chi connectivity index (χ3v) is 6.70. The van der Waals surface area contributed by atoms with Gasteiger partial charge in [0.25, 0.3) is 0 Å². The molecule has 0 atom stereocenters. The molecule has 30 heavy (non-hydrogen) atoms. The minimum absolute atomic E-state index is 0.000941. The van der Waals surface area contributed by atoms with Crippen molar-refractivity contribution in [1.82, 2.24) is 13.9 Å². The lowest BCUT2D eigenvalue weighted by atomic mass is 10.1. The van der Waals surface area contributed by atoms with Crippen LogP contribution in [0.5, 0.6) is 0 Å². The van der Waals surface area contributed by atoms with Crippen molar-refractivity contribution in [2.45, 2.75) is 24.0 Å². The van der Waals surface area contributed by atoms with Crippen LogP contribution in [-0.2, 0) is 29.2 Å². The summed E-state index contributed by atoms with van der Waals surface area (Å²) in [5.74, 6) is -1.94. The van der Waals surface area contributed by atoms with Gasteiger partial charge in [-0.25, -0.2) is 22.2 Å². The lowest BCUT2D eigenvalue weighted by Gasteiger charge is -2.26. The molecule has 5 nitrogen and oxygen atoms in total. The molecule has 0 aliphatic carbocycles. The van der Waals surface area contributed by atoms with Crippen molar-refractivity contribution in [3.8, 4) is 5.69 Å². The Bertz CT molecular complexity index is 1200. The molecule has 0 N–H and O–H groups in total. The minimum atomic E-state index is -5.02. The lowest BCUT2D eigenvalue weighted by molar-refractivity contribution is -0.140. The highest BCUT2D eigenvalue weighted by atomic mass is 32.2. The fourth-order valence-corrected chi connectivity index (χ4v) is 4.77. The van der Waals surface area contributed by atoms with Crippen LogP contribution in [0.3, 0.4) is 0 Å². The Hall–Kier alpha value is -2.79. The number of aromatic nitrogens is 2.